The summed E-state index contributed by atoms with van der Waals surface area (Å²) in [6, 6.07) is 0. The van der Waals surface area contributed by atoms with E-state index in [2.05, 4.69) is 18.6 Å². The molecule has 1 aliphatic rings. The lowest BCUT2D eigenvalue weighted by Crippen LogP contribution is -2.38. The molecule has 0 aliphatic heterocycles. The van der Waals surface area contributed by atoms with E-state index < -0.39 is 6.10 Å². The SMILES string of the molecule is COC(=O)C1CC(C)(C)CCC1O. The molecule has 0 saturated heterocycles. The van der Waals surface area contributed by atoms with Crippen LogP contribution in [-0.4, -0.2) is 24.3 Å². The van der Waals surface area contributed by atoms with Gasteiger partial charge in [0, 0.05) is 0 Å². The summed E-state index contributed by atoms with van der Waals surface area (Å²) in [5.74, 6) is -0.603. The van der Waals surface area contributed by atoms with Gasteiger partial charge in [0.15, 0.2) is 0 Å². The minimum absolute atomic E-state index is 0.151. The van der Waals surface area contributed by atoms with Crippen LogP contribution < -0.4 is 0 Å². The van der Waals surface area contributed by atoms with Gasteiger partial charge in [0.1, 0.15) is 0 Å². The van der Waals surface area contributed by atoms with Crippen LogP contribution in [0.2, 0.25) is 0 Å². The molecule has 0 amide bonds. The van der Waals surface area contributed by atoms with Crippen molar-refractivity contribution in [3.8, 4) is 0 Å². The first-order chi connectivity index (χ1) is 5.96. The Bertz CT molecular complexity index is 198. The van der Waals surface area contributed by atoms with Crippen molar-refractivity contribution < 1.29 is 14.6 Å². The Morgan fingerprint density at radius 3 is 2.69 bits per heavy atom. The van der Waals surface area contributed by atoms with E-state index in [0.717, 1.165) is 12.8 Å². The van der Waals surface area contributed by atoms with Crippen molar-refractivity contribution in [2.45, 2.75) is 39.2 Å². The zero-order chi connectivity index (χ0) is 10.1. The molecule has 13 heavy (non-hydrogen) atoms. The molecular weight excluding hydrogens is 168 g/mol. The fraction of sp³-hybridized carbons (Fsp3) is 0.900. The number of carbonyl (C=O) groups excluding carboxylic acids is 1. The first kappa shape index (κ1) is 10.5. The molecule has 2 atom stereocenters. The van der Waals surface area contributed by atoms with Gasteiger partial charge < -0.3 is 9.84 Å². The van der Waals surface area contributed by atoms with E-state index in [1.165, 1.54) is 7.11 Å². The average Bonchev–Trinajstić information content (AvgIpc) is 2.08. The lowest BCUT2D eigenvalue weighted by Gasteiger charge is -2.36. The highest BCUT2D eigenvalue weighted by Crippen LogP contribution is 2.39. The van der Waals surface area contributed by atoms with E-state index in [-0.39, 0.29) is 17.3 Å². The van der Waals surface area contributed by atoms with E-state index in [9.17, 15) is 9.90 Å². The summed E-state index contributed by atoms with van der Waals surface area (Å²) in [6.45, 7) is 4.24. The Kier molecular flexibility index (Phi) is 2.96. The number of aliphatic hydroxyl groups is 1. The van der Waals surface area contributed by atoms with Gasteiger partial charge in [0.2, 0.25) is 0 Å². The Morgan fingerprint density at radius 2 is 2.15 bits per heavy atom. The minimum Gasteiger partial charge on any atom is -0.469 e. The van der Waals surface area contributed by atoms with Gasteiger partial charge in [-0.15, -0.1) is 0 Å². The Hall–Kier alpha value is -0.570. The van der Waals surface area contributed by atoms with Crippen molar-refractivity contribution in [3.63, 3.8) is 0 Å². The largest absolute Gasteiger partial charge is 0.469 e. The molecule has 76 valence electrons. The van der Waals surface area contributed by atoms with Crippen molar-refractivity contribution in [2.24, 2.45) is 11.3 Å². The topological polar surface area (TPSA) is 46.5 Å². The zero-order valence-electron chi connectivity index (χ0n) is 8.54. The molecule has 1 fully saturated rings. The molecule has 1 N–H and O–H groups in total. The summed E-state index contributed by atoms with van der Waals surface area (Å²) < 4.78 is 4.65. The number of rotatable bonds is 1. The lowest BCUT2D eigenvalue weighted by atomic mass is 9.71. The first-order valence-electron chi connectivity index (χ1n) is 4.72. The maximum atomic E-state index is 11.3. The first-order valence-corrected chi connectivity index (χ1v) is 4.72. The fourth-order valence-electron chi connectivity index (χ4n) is 1.97. The maximum Gasteiger partial charge on any atom is 0.311 e. The fourth-order valence-corrected chi connectivity index (χ4v) is 1.97. The van der Waals surface area contributed by atoms with Gasteiger partial charge >= 0.3 is 5.97 Å². The number of esters is 1. The van der Waals surface area contributed by atoms with E-state index in [1.54, 1.807) is 0 Å². The molecule has 3 heteroatoms. The summed E-state index contributed by atoms with van der Waals surface area (Å²) >= 11 is 0. The van der Waals surface area contributed by atoms with Crippen molar-refractivity contribution >= 4 is 5.97 Å². The van der Waals surface area contributed by atoms with E-state index >= 15 is 0 Å². The van der Waals surface area contributed by atoms with Gasteiger partial charge in [0.05, 0.1) is 19.1 Å². The lowest BCUT2D eigenvalue weighted by molar-refractivity contribution is -0.153. The van der Waals surface area contributed by atoms with Gasteiger partial charge in [-0.25, -0.2) is 0 Å². The van der Waals surface area contributed by atoms with Crippen molar-refractivity contribution in [1.29, 1.82) is 0 Å². The third-order valence-corrected chi connectivity index (χ3v) is 2.86. The van der Waals surface area contributed by atoms with Gasteiger partial charge in [0.25, 0.3) is 0 Å². The van der Waals surface area contributed by atoms with Crippen LogP contribution in [0.25, 0.3) is 0 Å². The summed E-state index contributed by atoms with van der Waals surface area (Å²) in [5, 5.41) is 9.60. The molecular formula is C10H18O3. The summed E-state index contributed by atoms with van der Waals surface area (Å²) in [5.41, 5.74) is 0.151. The molecule has 1 rings (SSSR count). The zero-order valence-corrected chi connectivity index (χ0v) is 8.54. The number of methoxy groups -OCH3 is 1. The van der Waals surface area contributed by atoms with Crippen molar-refractivity contribution in [3.05, 3.63) is 0 Å². The van der Waals surface area contributed by atoms with Gasteiger partial charge in [-0.3, -0.25) is 4.79 Å². The summed E-state index contributed by atoms with van der Waals surface area (Å²) in [6.07, 6.45) is 1.88. The highest BCUT2D eigenvalue weighted by atomic mass is 16.5. The average molecular weight is 186 g/mol. The Labute approximate surface area is 79.1 Å². The predicted molar refractivity (Wildman–Crippen MR) is 49.1 cm³/mol. The summed E-state index contributed by atoms with van der Waals surface area (Å²) in [7, 11) is 1.37. The van der Waals surface area contributed by atoms with Gasteiger partial charge in [-0.05, 0) is 24.7 Å². The third-order valence-electron chi connectivity index (χ3n) is 2.86. The molecule has 1 saturated carbocycles. The molecule has 0 aromatic rings. The number of aliphatic hydroxyl groups excluding tert-OH is 1. The van der Waals surface area contributed by atoms with Crippen LogP contribution in [0.4, 0.5) is 0 Å². The molecule has 0 bridgehead atoms. The van der Waals surface area contributed by atoms with Gasteiger partial charge in [-0.2, -0.15) is 0 Å². The standard InChI is InChI=1S/C10H18O3/c1-10(2)5-4-8(11)7(6-10)9(12)13-3/h7-8,11H,4-6H2,1-3H3. The Balaban J connectivity index is 2.65. The van der Waals surface area contributed by atoms with Crippen LogP contribution in [-0.2, 0) is 9.53 Å². The van der Waals surface area contributed by atoms with Crippen LogP contribution in [0.5, 0.6) is 0 Å². The smallest absolute Gasteiger partial charge is 0.311 e. The summed E-state index contributed by atoms with van der Waals surface area (Å²) in [4.78, 5) is 11.3. The molecule has 3 nitrogen and oxygen atoms in total. The van der Waals surface area contributed by atoms with Crippen molar-refractivity contribution in [1.82, 2.24) is 0 Å². The van der Waals surface area contributed by atoms with Crippen LogP contribution >= 0.6 is 0 Å². The second-order valence-electron chi connectivity index (χ2n) is 4.60. The van der Waals surface area contributed by atoms with E-state index in [1.807, 2.05) is 0 Å². The second kappa shape index (κ2) is 3.66. The van der Waals surface area contributed by atoms with Crippen LogP contribution in [0.3, 0.4) is 0 Å². The quantitative estimate of drug-likeness (QED) is 0.629. The predicted octanol–water partition coefficient (Wildman–Crippen LogP) is 1.35. The van der Waals surface area contributed by atoms with Gasteiger partial charge in [-0.1, -0.05) is 13.8 Å². The Morgan fingerprint density at radius 1 is 1.54 bits per heavy atom. The van der Waals surface area contributed by atoms with Crippen LogP contribution in [0.15, 0.2) is 0 Å². The molecule has 0 spiro atoms. The van der Waals surface area contributed by atoms with E-state index in [4.69, 9.17) is 0 Å². The number of carbonyl (C=O) groups is 1. The molecule has 0 heterocycles. The third kappa shape index (κ3) is 2.44. The normalized spacial score (nSPS) is 32.6. The molecule has 2 unspecified atom stereocenters. The number of ether oxygens (including phenoxy) is 1. The second-order valence-corrected chi connectivity index (χ2v) is 4.60. The van der Waals surface area contributed by atoms with E-state index in [0.29, 0.717) is 6.42 Å². The highest BCUT2D eigenvalue weighted by Gasteiger charge is 2.38. The van der Waals surface area contributed by atoms with Crippen molar-refractivity contribution in [2.75, 3.05) is 7.11 Å². The van der Waals surface area contributed by atoms with Crippen LogP contribution in [0.1, 0.15) is 33.1 Å². The van der Waals surface area contributed by atoms with Crippen LogP contribution in [0, 0.1) is 11.3 Å². The number of hydrogen-bond acceptors (Lipinski definition) is 3. The molecule has 0 radical (unpaired) electrons. The maximum absolute atomic E-state index is 11.3. The molecule has 1 aliphatic carbocycles. The minimum atomic E-state index is -0.513. The number of hydrogen-bond donors (Lipinski definition) is 1. The molecule has 0 aromatic heterocycles. The molecule has 0 aromatic carbocycles. The monoisotopic (exact) mass is 186 g/mol. The highest BCUT2D eigenvalue weighted by molar-refractivity contribution is 5.73.